The van der Waals surface area contributed by atoms with Gasteiger partial charge in [0.2, 0.25) is 0 Å². The van der Waals surface area contributed by atoms with E-state index in [1.165, 1.54) is 112 Å². The van der Waals surface area contributed by atoms with Gasteiger partial charge in [-0.15, -0.1) is 22.7 Å². The van der Waals surface area contributed by atoms with Crippen LogP contribution in [0, 0.1) is 51.4 Å². The lowest BCUT2D eigenvalue weighted by Gasteiger charge is -2.02. The van der Waals surface area contributed by atoms with Gasteiger partial charge in [0.15, 0.2) is 0 Å². The Balaban J connectivity index is 0.000000238. The summed E-state index contributed by atoms with van der Waals surface area (Å²) in [6.45, 7) is 13.1. The van der Waals surface area contributed by atoms with Crippen molar-refractivity contribution in [3.63, 3.8) is 0 Å². The minimum absolute atomic E-state index is 1.10. The molecule has 0 aliphatic carbocycles. The van der Waals surface area contributed by atoms with Crippen molar-refractivity contribution >= 4 is 22.7 Å². The third-order valence-corrected chi connectivity index (χ3v) is 9.49. The predicted molar refractivity (Wildman–Crippen MR) is 193 cm³/mol. The molecule has 0 atom stereocenters. The molecule has 2 heterocycles. The number of aryl methyl sites for hydroxylation is 6. The number of hydrogen-bond donors (Lipinski definition) is 0. The molecule has 0 bridgehead atoms. The van der Waals surface area contributed by atoms with Crippen molar-refractivity contribution in [1.29, 1.82) is 0 Å². The van der Waals surface area contributed by atoms with Crippen molar-refractivity contribution in [3.8, 4) is 23.7 Å². The van der Waals surface area contributed by atoms with Crippen LogP contribution in [0.4, 0.5) is 0 Å². The highest BCUT2D eigenvalue weighted by Gasteiger charge is 2.00. The highest BCUT2D eigenvalue weighted by Crippen LogP contribution is 2.20. The Morgan fingerprint density at radius 1 is 0.465 bits per heavy atom. The summed E-state index contributed by atoms with van der Waals surface area (Å²) in [5, 5.41) is 0. The maximum atomic E-state index is 3.30. The van der Waals surface area contributed by atoms with Crippen LogP contribution in [0.25, 0.3) is 0 Å². The molecule has 0 N–H and O–H groups in total. The van der Waals surface area contributed by atoms with Gasteiger partial charge in [-0.05, 0) is 101 Å². The lowest BCUT2D eigenvalue weighted by Crippen LogP contribution is -1.87. The van der Waals surface area contributed by atoms with Crippen LogP contribution < -0.4 is 0 Å². The molecular formula is C41H50S2. The Hall–Kier alpha value is -3.04. The molecule has 0 saturated heterocycles. The number of hydrogen-bond acceptors (Lipinski definition) is 2. The fraction of sp³-hybridized carbons (Fsp3) is 0.415. The zero-order valence-corrected chi connectivity index (χ0v) is 29.0. The molecule has 0 nitrogen and oxygen atoms in total. The van der Waals surface area contributed by atoms with E-state index in [4.69, 9.17) is 0 Å². The Labute approximate surface area is 271 Å². The maximum Gasteiger partial charge on any atom is 0.0388 e. The second-order valence-corrected chi connectivity index (χ2v) is 14.4. The predicted octanol–water partition coefficient (Wildman–Crippen LogP) is 12.2. The molecule has 4 rings (SSSR count). The molecule has 0 aliphatic heterocycles. The van der Waals surface area contributed by atoms with Crippen LogP contribution in [0.5, 0.6) is 0 Å². The van der Waals surface area contributed by atoms with Gasteiger partial charge in [0.05, 0.1) is 0 Å². The molecular weight excluding hydrogens is 557 g/mol. The van der Waals surface area contributed by atoms with E-state index in [9.17, 15) is 0 Å². The molecule has 0 fully saturated rings. The quantitative estimate of drug-likeness (QED) is 0.118. The van der Waals surface area contributed by atoms with Gasteiger partial charge in [-0.1, -0.05) is 107 Å². The Morgan fingerprint density at radius 3 is 1.23 bits per heavy atom. The lowest BCUT2D eigenvalue weighted by atomic mass is 10.0. The zero-order valence-electron chi connectivity index (χ0n) is 27.4. The number of rotatable bonds is 11. The minimum Gasteiger partial charge on any atom is -0.145 e. The van der Waals surface area contributed by atoms with Crippen molar-refractivity contribution in [2.24, 2.45) is 0 Å². The zero-order chi connectivity index (χ0) is 30.9. The Bertz CT molecular complexity index is 1490. The third kappa shape index (κ3) is 13.0. The summed E-state index contributed by atoms with van der Waals surface area (Å²) in [5.74, 6) is 13.1. The van der Waals surface area contributed by atoms with Gasteiger partial charge in [0.25, 0.3) is 0 Å². The molecule has 4 aromatic rings. The van der Waals surface area contributed by atoms with Crippen LogP contribution in [0.1, 0.15) is 125 Å². The second-order valence-electron chi connectivity index (χ2n) is 11.5. The van der Waals surface area contributed by atoms with E-state index in [-0.39, 0.29) is 0 Å². The highest BCUT2D eigenvalue weighted by atomic mass is 32.1. The summed E-state index contributed by atoms with van der Waals surface area (Å²) in [6.07, 6.45) is 14.4. The monoisotopic (exact) mass is 606 g/mol. The summed E-state index contributed by atoms with van der Waals surface area (Å²) in [7, 11) is 0. The van der Waals surface area contributed by atoms with Crippen LogP contribution in [-0.4, -0.2) is 0 Å². The molecule has 2 aromatic heterocycles. The van der Waals surface area contributed by atoms with Gasteiger partial charge in [0.1, 0.15) is 0 Å². The third-order valence-electron chi connectivity index (χ3n) is 7.56. The van der Waals surface area contributed by atoms with Crippen LogP contribution in [0.2, 0.25) is 0 Å². The minimum atomic E-state index is 1.10. The van der Waals surface area contributed by atoms with E-state index >= 15 is 0 Å². The van der Waals surface area contributed by atoms with Crippen molar-refractivity contribution in [2.45, 2.75) is 112 Å². The molecule has 0 radical (unpaired) electrons. The van der Waals surface area contributed by atoms with Gasteiger partial charge < -0.3 is 0 Å². The standard InChI is InChI=1S/C22H28S.C19H22S/c1-4-5-6-7-8-9-10-20-11-13-21(14-12-20)15-16-22-17-18(2)23-19(22)3;1-4-5-6-7-17-8-10-18(11-9-17)12-13-19-14-15(2)20-16(19)3/h11-14,17H,4-10H2,1-3H3;8-11,14H,4-7H2,1-3H3. The summed E-state index contributed by atoms with van der Waals surface area (Å²) >= 11 is 3.64. The Morgan fingerprint density at radius 2 is 0.837 bits per heavy atom. The normalized spacial score (nSPS) is 10.3. The van der Waals surface area contributed by atoms with Gasteiger partial charge in [-0.2, -0.15) is 0 Å². The van der Waals surface area contributed by atoms with E-state index in [1.807, 2.05) is 22.7 Å². The largest absolute Gasteiger partial charge is 0.145 e. The van der Waals surface area contributed by atoms with E-state index in [1.54, 1.807) is 0 Å². The first kappa shape index (κ1) is 34.5. The van der Waals surface area contributed by atoms with Gasteiger partial charge in [-0.3, -0.25) is 0 Å². The van der Waals surface area contributed by atoms with Gasteiger partial charge >= 0.3 is 0 Å². The summed E-state index contributed by atoms with van der Waals surface area (Å²) in [4.78, 5) is 5.29. The van der Waals surface area contributed by atoms with Crippen molar-refractivity contribution in [2.75, 3.05) is 0 Å². The summed E-state index contributed by atoms with van der Waals surface area (Å²) < 4.78 is 0. The average Bonchev–Trinajstić information content (AvgIpc) is 3.51. The molecule has 226 valence electrons. The van der Waals surface area contributed by atoms with Gasteiger partial charge in [0, 0.05) is 41.8 Å². The molecule has 0 saturated carbocycles. The van der Waals surface area contributed by atoms with E-state index < -0.39 is 0 Å². The summed E-state index contributed by atoms with van der Waals surface area (Å²) in [5.41, 5.74) is 7.41. The molecule has 0 spiro atoms. The van der Waals surface area contributed by atoms with E-state index in [2.05, 4.69) is 126 Å². The Kier molecular flexibility index (Phi) is 15.4. The summed E-state index contributed by atoms with van der Waals surface area (Å²) in [6, 6.07) is 21.9. The molecule has 0 aliphatic rings. The number of thiophene rings is 2. The van der Waals surface area contributed by atoms with Crippen molar-refractivity contribution in [1.82, 2.24) is 0 Å². The fourth-order valence-electron chi connectivity index (χ4n) is 4.99. The van der Waals surface area contributed by atoms with Gasteiger partial charge in [-0.25, -0.2) is 0 Å². The average molecular weight is 607 g/mol. The maximum absolute atomic E-state index is 3.30. The van der Waals surface area contributed by atoms with Crippen LogP contribution in [-0.2, 0) is 12.8 Å². The highest BCUT2D eigenvalue weighted by molar-refractivity contribution is 7.12. The van der Waals surface area contributed by atoms with Crippen molar-refractivity contribution in [3.05, 3.63) is 114 Å². The second kappa shape index (κ2) is 19.3. The first-order valence-corrected chi connectivity index (χ1v) is 17.9. The smallest absolute Gasteiger partial charge is 0.0388 e. The van der Waals surface area contributed by atoms with Crippen LogP contribution in [0.3, 0.4) is 0 Å². The molecule has 0 unspecified atom stereocenters. The van der Waals surface area contributed by atoms with Crippen LogP contribution >= 0.6 is 22.7 Å². The van der Waals surface area contributed by atoms with E-state index in [0.717, 1.165) is 11.1 Å². The molecule has 2 heteroatoms. The number of unbranched alkanes of at least 4 members (excludes halogenated alkanes) is 7. The fourth-order valence-corrected chi connectivity index (χ4v) is 6.75. The lowest BCUT2D eigenvalue weighted by molar-refractivity contribution is 0.607. The SMILES string of the molecule is CCCCCCCCc1ccc(C#Cc2cc(C)sc2C)cc1.CCCCCc1ccc(C#Cc2cc(C)sc2C)cc1. The van der Waals surface area contributed by atoms with Crippen LogP contribution in [0.15, 0.2) is 60.7 Å². The topological polar surface area (TPSA) is 0 Å². The number of benzene rings is 2. The first-order valence-electron chi connectivity index (χ1n) is 16.2. The molecule has 2 aromatic carbocycles. The van der Waals surface area contributed by atoms with Crippen molar-refractivity contribution < 1.29 is 0 Å². The molecule has 0 amide bonds. The van der Waals surface area contributed by atoms with E-state index in [0.29, 0.717) is 0 Å². The first-order chi connectivity index (χ1) is 20.9. The molecule has 43 heavy (non-hydrogen) atoms.